The van der Waals surface area contributed by atoms with E-state index in [4.69, 9.17) is 21.2 Å². The summed E-state index contributed by atoms with van der Waals surface area (Å²) in [6.45, 7) is 0. The molecule has 0 radical (unpaired) electrons. The van der Waals surface area contributed by atoms with Crippen molar-refractivity contribution < 1.29 is 24.0 Å². The fraction of sp³-hybridized carbons (Fsp3) is 0.167. The van der Waals surface area contributed by atoms with Gasteiger partial charge < -0.3 is 4.74 Å². The van der Waals surface area contributed by atoms with Crippen LogP contribution in [0.25, 0.3) is 0 Å². The third-order valence-electron chi connectivity index (χ3n) is 3.82. The number of hydrogen-bond donors (Lipinski definition) is 0. The van der Waals surface area contributed by atoms with Crippen LogP contribution in [-0.4, -0.2) is 36.1 Å². The molecule has 1 heterocycles. The molecule has 1 aliphatic rings. The molecule has 0 bridgehead atoms. The van der Waals surface area contributed by atoms with E-state index in [1.807, 2.05) is 0 Å². The number of rotatable bonds is 5. The van der Waals surface area contributed by atoms with Crippen LogP contribution in [0.15, 0.2) is 48.5 Å². The summed E-state index contributed by atoms with van der Waals surface area (Å²) < 4.78 is 4.73. The van der Waals surface area contributed by atoms with Crippen molar-refractivity contribution in [2.75, 3.05) is 7.11 Å². The van der Waals surface area contributed by atoms with Crippen molar-refractivity contribution >= 4 is 29.4 Å². The van der Waals surface area contributed by atoms with Crippen LogP contribution in [0.1, 0.15) is 26.3 Å². The monoisotopic (exact) mass is 359 g/mol. The average molecular weight is 360 g/mol. The van der Waals surface area contributed by atoms with Crippen LogP contribution in [0.5, 0.6) is 0 Å². The second-order valence-corrected chi connectivity index (χ2v) is 5.77. The molecular formula is C18H14ClNO5. The van der Waals surface area contributed by atoms with E-state index in [1.54, 1.807) is 36.4 Å². The summed E-state index contributed by atoms with van der Waals surface area (Å²) in [5.74, 6) is -1.95. The van der Waals surface area contributed by atoms with E-state index >= 15 is 0 Å². The highest BCUT2D eigenvalue weighted by atomic mass is 35.5. The summed E-state index contributed by atoms with van der Waals surface area (Å²) in [5.41, 5.74) is 1.10. The first kappa shape index (κ1) is 17.1. The Kier molecular flexibility index (Phi) is 4.83. The summed E-state index contributed by atoms with van der Waals surface area (Å²) in [6.07, 6.45) is -1.13. The highest BCUT2D eigenvalue weighted by Gasteiger charge is 2.39. The Hall–Kier alpha value is -2.70. The molecule has 3 rings (SSSR count). The molecule has 0 aliphatic carbocycles. The molecule has 1 atom stereocenters. The molecule has 0 fully saturated rings. The molecule has 6 nitrogen and oxygen atoms in total. The number of methoxy groups -OCH3 is 1. The minimum absolute atomic E-state index is 0.0553. The number of nitrogens with zero attached hydrogens (tertiary/aromatic N) is 1. The maximum absolute atomic E-state index is 12.4. The molecule has 0 saturated heterocycles. The van der Waals surface area contributed by atoms with Gasteiger partial charge in [0.1, 0.15) is 0 Å². The molecular weight excluding hydrogens is 346 g/mol. The number of amides is 2. The summed E-state index contributed by atoms with van der Waals surface area (Å²) in [6, 6.07) is 13.3. The van der Waals surface area contributed by atoms with E-state index in [1.165, 1.54) is 19.2 Å². The van der Waals surface area contributed by atoms with Gasteiger partial charge >= 0.3 is 5.97 Å². The number of hydroxylamine groups is 2. The Morgan fingerprint density at radius 1 is 1.04 bits per heavy atom. The number of imide groups is 1. The number of carbonyl (C=O) groups is 3. The fourth-order valence-electron chi connectivity index (χ4n) is 2.55. The number of fused-ring (bicyclic) bond motifs is 1. The molecule has 2 amide bonds. The molecule has 1 unspecified atom stereocenters. The van der Waals surface area contributed by atoms with Crippen molar-refractivity contribution in [3.05, 3.63) is 70.2 Å². The minimum Gasteiger partial charge on any atom is -0.467 e. The SMILES string of the molecule is COC(=O)C(Cc1ccccc1Cl)ON1C(=O)c2ccccc2C1=O. The van der Waals surface area contributed by atoms with E-state index in [9.17, 15) is 14.4 Å². The summed E-state index contributed by atoms with van der Waals surface area (Å²) in [7, 11) is 1.20. The minimum atomic E-state index is -1.19. The van der Waals surface area contributed by atoms with E-state index in [0.717, 1.165) is 0 Å². The second-order valence-electron chi connectivity index (χ2n) is 5.36. The van der Waals surface area contributed by atoms with Gasteiger partial charge in [-0.2, -0.15) is 0 Å². The Balaban J connectivity index is 1.85. The molecule has 1 aliphatic heterocycles. The lowest BCUT2D eigenvalue weighted by atomic mass is 10.1. The zero-order valence-corrected chi connectivity index (χ0v) is 14.0. The summed E-state index contributed by atoms with van der Waals surface area (Å²) >= 11 is 6.11. The van der Waals surface area contributed by atoms with Gasteiger partial charge in [0.15, 0.2) is 6.10 Å². The topological polar surface area (TPSA) is 72.9 Å². The molecule has 0 aromatic heterocycles. The van der Waals surface area contributed by atoms with Gasteiger partial charge in [0.05, 0.1) is 18.2 Å². The van der Waals surface area contributed by atoms with Gasteiger partial charge in [-0.3, -0.25) is 9.59 Å². The molecule has 2 aromatic carbocycles. The Morgan fingerprint density at radius 3 is 2.16 bits per heavy atom. The van der Waals surface area contributed by atoms with Crippen molar-refractivity contribution in [3.8, 4) is 0 Å². The van der Waals surface area contributed by atoms with Gasteiger partial charge in [0, 0.05) is 11.4 Å². The maximum atomic E-state index is 12.4. The zero-order valence-electron chi connectivity index (χ0n) is 13.3. The highest BCUT2D eigenvalue weighted by Crippen LogP contribution is 2.25. The van der Waals surface area contributed by atoms with Gasteiger partial charge in [-0.15, -0.1) is 5.06 Å². The standard InChI is InChI=1S/C18H14ClNO5/c1-24-18(23)15(10-11-6-2-5-9-14(11)19)25-20-16(21)12-7-3-4-8-13(12)17(20)22/h2-9,15H,10H2,1H3. The molecule has 128 valence electrons. The van der Waals surface area contributed by atoms with E-state index in [-0.39, 0.29) is 17.5 Å². The van der Waals surface area contributed by atoms with Crippen LogP contribution in [0, 0.1) is 0 Å². The normalized spacial score (nSPS) is 14.4. The van der Waals surface area contributed by atoms with Crippen LogP contribution < -0.4 is 0 Å². The van der Waals surface area contributed by atoms with Gasteiger partial charge in [-0.1, -0.05) is 41.9 Å². The summed E-state index contributed by atoms with van der Waals surface area (Å²) in [4.78, 5) is 42.2. The predicted octanol–water partition coefficient (Wildman–Crippen LogP) is 2.65. The van der Waals surface area contributed by atoms with Crippen LogP contribution in [0.3, 0.4) is 0 Å². The molecule has 2 aromatic rings. The van der Waals surface area contributed by atoms with E-state index < -0.39 is 23.9 Å². The molecule has 25 heavy (non-hydrogen) atoms. The van der Waals surface area contributed by atoms with Gasteiger partial charge in [0.2, 0.25) is 0 Å². The van der Waals surface area contributed by atoms with Crippen molar-refractivity contribution in [1.29, 1.82) is 0 Å². The Morgan fingerprint density at radius 2 is 1.60 bits per heavy atom. The molecule has 0 spiro atoms. The van der Waals surface area contributed by atoms with E-state index in [2.05, 4.69) is 0 Å². The van der Waals surface area contributed by atoms with Gasteiger partial charge in [0.25, 0.3) is 11.8 Å². The lowest BCUT2D eigenvalue weighted by Gasteiger charge is -2.21. The van der Waals surface area contributed by atoms with Gasteiger partial charge in [-0.05, 0) is 23.8 Å². The Bertz CT molecular complexity index is 816. The number of carbonyl (C=O) groups excluding carboxylic acids is 3. The smallest absolute Gasteiger partial charge is 0.338 e. The van der Waals surface area contributed by atoms with Gasteiger partial charge in [-0.25, -0.2) is 9.63 Å². The largest absolute Gasteiger partial charge is 0.467 e. The first-order valence-corrected chi connectivity index (χ1v) is 7.86. The quantitative estimate of drug-likeness (QED) is 0.606. The number of benzene rings is 2. The predicted molar refractivity (Wildman–Crippen MR) is 89.0 cm³/mol. The maximum Gasteiger partial charge on any atom is 0.338 e. The molecule has 0 N–H and O–H groups in total. The first-order valence-electron chi connectivity index (χ1n) is 7.48. The number of esters is 1. The molecule has 0 saturated carbocycles. The number of hydrogen-bond acceptors (Lipinski definition) is 5. The average Bonchev–Trinajstić information content (AvgIpc) is 2.87. The van der Waals surface area contributed by atoms with Crippen LogP contribution in [0.2, 0.25) is 5.02 Å². The lowest BCUT2D eigenvalue weighted by molar-refractivity contribution is -0.177. The van der Waals surface area contributed by atoms with E-state index in [0.29, 0.717) is 15.6 Å². The lowest BCUT2D eigenvalue weighted by Crippen LogP contribution is -2.39. The van der Waals surface area contributed by atoms with Crippen molar-refractivity contribution in [3.63, 3.8) is 0 Å². The summed E-state index contributed by atoms with van der Waals surface area (Å²) in [5, 5.41) is 1.05. The van der Waals surface area contributed by atoms with Crippen molar-refractivity contribution in [2.45, 2.75) is 12.5 Å². The number of halogens is 1. The highest BCUT2D eigenvalue weighted by molar-refractivity contribution is 6.31. The van der Waals surface area contributed by atoms with Crippen LogP contribution >= 0.6 is 11.6 Å². The second kappa shape index (κ2) is 7.04. The third kappa shape index (κ3) is 3.26. The number of ether oxygens (including phenoxy) is 1. The Labute approximate surface area is 148 Å². The van der Waals surface area contributed by atoms with Crippen LogP contribution in [0.4, 0.5) is 0 Å². The third-order valence-corrected chi connectivity index (χ3v) is 4.19. The zero-order chi connectivity index (χ0) is 18.0. The van der Waals surface area contributed by atoms with Crippen LogP contribution in [-0.2, 0) is 20.8 Å². The van der Waals surface area contributed by atoms with Crippen molar-refractivity contribution in [2.24, 2.45) is 0 Å². The fourth-order valence-corrected chi connectivity index (χ4v) is 2.76. The first-order chi connectivity index (χ1) is 12.0. The molecule has 7 heteroatoms. The van der Waals surface area contributed by atoms with Crippen molar-refractivity contribution in [1.82, 2.24) is 5.06 Å².